The fourth-order valence-corrected chi connectivity index (χ4v) is 2.03. The second-order valence-corrected chi connectivity index (χ2v) is 4.34. The summed E-state index contributed by atoms with van der Waals surface area (Å²) in [4.78, 5) is 13.5. The third kappa shape index (κ3) is 3.30. The van der Waals surface area contributed by atoms with Crippen molar-refractivity contribution in [2.24, 2.45) is 0 Å². The number of urea groups is 1. The molecule has 1 aromatic rings. The fraction of sp³-hybridized carbons (Fsp3) is 0.500. The van der Waals surface area contributed by atoms with Gasteiger partial charge in [-0.1, -0.05) is 6.07 Å². The van der Waals surface area contributed by atoms with Crippen LogP contribution in [0, 0.1) is 0 Å². The van der Waals surface area contributed by atoms with E-state index >= 15 is 0 Å². The van der Waals surface area contributed by atoms with Gasteiger partial charge in [0.05, 0.1) is 0 Å². The summed E-state index contributed by atoms with van der Waals surface area (Å²) < 4.78 is 10.6. The number of carbonyl (C=O) groups is 1. The zero-order valence-electron chi connectivity index (χ0n) is 11.4. The standard InChI is InChI=1S/C14H20N2O3/c1-3-16(4-2)14(17)15-8-7-11-5-6-12-13(9-11)19-10-18-12/h5-6,9H,3-4,7-8,10H2,1-2H3,(H,15,17). The van der Waals surface area contributed by atoms with Crippen molar-refractivity contribution in [3.05, 3.63) is 23.8 Å². The lowest BCUT2D eigenvalue weighted by Gasteiger charge is -2.19. The van der Waals surface area contributed by atoms with Gasteiger partial charge in [0.2, 0.25) is 6.79 Å². The van der Waals surface area contributed by atoms with E-state index in [1.807, 2.05) is 32.0 Å². The highest BCUT2D eigenvalue weighted by molar-refractivity contribution is 5.74. The highest BCUT2D eigenvalue weighted by atomic mass is 16.7. The first-order valence-electron chi connectivity index (χ1n) is 6.66. The normalized spacial score (nSPS) is 12.3. The Labute approximate surface area is 113 Å². The Morgan fingerprint density at radius 1 is 1.26 bits per heavy atom. The molecule has 0 aromatic heterocycles. The van der Waals surface area contributed by atoms with Crippen LogP contribution in [0.3, 0.4) is 0 Å². The highest BCUT2D eigenvalue weighted by Crippen LogP contribution is 2.32. The molecule has 0 bridgehead atoms. The average molecular weight is 264 g/mol. The monoisotopic (exact) mass is 264 g/mol. The third-order valence-electron chi connectivity index (χ3n) is 3.18. The van der Waals surface area contributed by atoms with Crippen molar-refractivity contribution in [1.29, 1.82) is 0 Å². The Hall–Kier alpha value is -1.91. The minimum atomic E-state index is -0.00857. The quantitative estimate of drug-likeness (QED) is 0.885. The van der Waals surface area contributed by atoms with Crippen LogP contribution in [0.25, 0.3) is 0 Å². The number of nitrogens with one attached hydrogen (secondary N) is 1. The summed E-state index contributed by atoms with van der Waals surface area (Å²) in [5.41, 5.74) is 1.13. The molecule has 0 unspecified atom stereocenters. The number of fused-ring (bicyclic) bond motifs is 1. The van der Waals surface area contributed by atoms with Crippen LogP contribution in [0.2, 0.25) is 0 Å². The van der Waals surface area contributed by atoms with Crippen LogP contribution >= 0.6 is 0 Å². The Kier molecular flexibility index (Phi) is 4.49. The van der Waals surface area contributed by atoms with E-state index < -0.39 is 0 Å². The zero-order chi connectivity index (χ0) is 13.7. The number of amides is 2. The number of hydrogen-bond donors (Lipinski definition) is 1. The van der Waals surface area contributed by atoms with Gasteiger partial charge in [0.15, 0.2) is 11.5 Å². The van der Waals surface area contributed by atoms with Gasteiger partial charge >= 0.3 is 6.03 Å². The largest absolute Gasteiger partial charge is 0.454 e. The first-order valence-corrected chi connectivity index (χ1v) is 6.66. The molecule has 104 valence electrons. The molecule has 1 N–H and O–H groups in total. The maximum Gasteiger partial charge on any atom is 0.317 e. The molecule has 19 heavy (non-hydrogen) atoms. The average Bonchev–Trinajstić information content (AvgIpc) is 2.87. The van der Waals surface area contributed by atoms with Gasteiger partial charge in [-0.25, -0.2) is 4.79 Å². The molecule has 2 amide bonds. The SMILES string of the molecule is CCN(CC)C(=O)NCCc1ccc2c(c1)OCO2. The zero-order valence-corrected chi connectivity index (χ0v) is 11.4. The number of nitrogens with zero attached hydrogens (tertiary/aromatic N) is 1. The minimum absolute atomic E-state index is 0.00857. The van der Waals surface area contributed by atoms with Crippen molar-refractivity contribution in [3.8, 4) is 11.5 Å². The summed E-state index contributed by atoms with van der Waals surface area (Å²) in [6.45, 7) is 6.31. The van der Waals surface area contributed by atoms with E-state index in [1.165, 1.54) is 0 Å². The number of carbonyl (C=O) groups excluding carboxylic acids is 1. The summed E-state index contributed by atoms with van der Waals surface area (Å²) in [6.07, 6.45) is 0.781. The molecule has 0 radical (unpaired) electrons. The van der Waals surface area contributed by atoms with Crippen LogP contribution in [-0.2, 0) is 6.42 Å². The molecule has 1 aliphatic rings. The van der Waals surface area contributed by atoms with E-state index in [4.69, 9.17) is 9.47 Å². The summed E-state index contributed by atoms with van der Waals surface area (Å²) >= 11 is 0. The molecule has 0 atom stereocenters. The summed E-state index contributed by atoms with van der Waals surface area (Å²) in [6, 6.07) is 5.86. The lowest BCUT2D eigenvalue weighted by atomic mass is 10.1. The molecule has 0 fully saturated rings. The van der Waals surface area contributed by atoms with Gasteiger partial charge in [0.1, 0.15) is 0 Å². The van der Waals surface area contributed by atoms with Crippen LogP contribution in [0.4, 0.5) is 4.79 Å². The van der Waals surface area contributed by atoms with Gasteiger partial charge in [-0.3, -0.25) is 0 Å². The van der Waals surface area contributed by atoms with E-state index in [9.17, 15) is 4.79 Å². The van der Waals surface area contributed by atoms with Crippen LogP contribution in [0.5, 0.6) is 11.5 Å². The van der Waals surface area contributed by atoms with Gasteiger partial charge < -0.3 is 19.7 Å². The molecule has 5 heteroatoms. The summed E-state index contributed by atoms with van der Waals surface area (Å²) in [7, 11) is 0. The predicted octanol–water partition coefficient (Wildman–Crippen LogP) is 2.01. The molecule has 5 nitrogen and oxygen atoms in total. The van der Waals surface area contributed by atoms with E-state index in [1.54, 1.807) is 4.90 Å². The van der Waals surface area contributed by atoms with Gasteiger partial charge in [-0.15, -0.1) is 0 Å². The van der Waals surface area contributed by atoms with Crippen LogP contribution in [0.15, 0.2) is 18.2 Å². The third-order valence-corrected chi connectivity index (χ3v) is 3.18. The van der Waals surface area contributed by atoms with Crippen molar-refractivity contribution in [3.63, 3.8) is 0 Å². The molecular weight excluding hydrogens is 244 g/mol. The number of hydrogen-bond acceptors (Lipinski definition) is 3. The lowest BCUT2D eigenvalue weighted by Crippen LogP contribution is -2.40. The highest BCUT2D eigenvalue weighted by Gasteiger charge is 2.13. The Morgan fingerprint density at radius 3 is 2.74 bits per heavy atom. The van der Waals surface area contributed by atoms with E-state index in [-0.39, 0.29) is 12.8 Å². The second kappa shape index (κ2) is 6.31. The predicted molar refractivity (Wildman–Crippen MR) is 72.6 cm³/mol. The maximum absolute atomic E-state index is 11.8. The van der Waals surface area contributed by atoms with Crippen LogP contribution in [0.1, 0.15) is 19.4 Å². The van der Waals surface area contributed by atoms with E-state index in [2.05, 4.69) is 5.32 Å². The summed E-state index contributed by atoms with van der Waals surface area (Å²) in [5, 5.41) is 2.92. The molecular formula is C14H20N2O3. The minimum Gasteiger partial charge on any atom is -0.454 e. The molecule has 1 aromatic carbocycles. The molecule has 0 aliphatic carbocycles. The van der Waals surface area contributed by atoms with Gasteiger partial charge in [0, 0.05) is 19.6 Å². The first kappa shape index (κ1) is 13.5. The lowest BCUT2D eigenvalue weighted by molar-refractivity contribution is 0.174. The molecule has 1 aliphatic heterocycles. The number of ether oxygens (including phenoxy) is 2. The van der Waals surface area contributed by atoms with Crippen molar-refractivity contribution < 1.29 is 14.3 Å². The molecule has 0 saturated carbocycles. The van der Waals surface area contributed by atoms with Crippen molar-refractivity contribution in [2.75, 3.05) is 26.4 Å². The summed E-state index contributed by atoms with van der Waals surface area (Å²) in [5.74, 6) is 1.57. The molecule has 1 heterocycles. The molecule has 2 rings (SSSR count). The second-order valence-electron chi connectivity index (χ2n) is 4.34. The topological polar surface area (TPSA) is 50.8 Å². The molecule has 0 spiro atoms. The fourth-order valence-electron chi connectivity index (χ4n) is 2.03. The van der Waals surface area contributed by atoms with Crippen molar-refractivity contribution in [1.82, 2.24) is 10.2 Å². The van der Waals surface area contributed by atoms with Crippen molar-refractivity contribution in [2.45, 2.75) is 20.3 Å². The van der Waals surface area contributed by atoms with Crippen LogP contribution < -0.4 is 14.8 Å². The number of rotatable bonds is 5. The van der Waals surface area contributed by atoms with Gasteiger partial charge in [0.25, 0.3) is 0 Å². The Morgan fingerprint density at radius 2 is 2.00 bits per heavy atom. The molecule has 0 saturated heterocycles. The van der Waals surface area contributed by atoms with E-state index in [0.29, 0.717) is 6.54 Å². The maximum atomic E-state index is 11.8. The Balaban J connectivity index is 1.81. The Bertz CT molecular complexity index is 444. The van der Waals surface area contributed by atoms with E-state index in [0.717, 1.165) is 36.6 Å². The van der Waals surface area contributed by atoms with Gasteiger partial charge in [-0.05, 0) is 38.0 Å². The number of benzene rings is 1. The van der Waals surface area contributed by atoms with Gasteiger partial charge in [-0.2, -0.15) is 0 Å². The smallest absolute Gasteiger partial charge is 0.317 e. The first-order chi connectivity index (χ1) is 9.24. The van der Waals surface area contributed by atoms with Crippen LogP contribution in [-0.4, -0.2) is 37.4 Å². The van der Waals surface area contributed by atoms with Crippen molar-refractivity contribution >= 4 is 6.03 Å².